The summed E-state index contributed by atoms with van der Waals surface area (Å²) in [5, 5.41) is 4.56. The fraction of sp³-hybridized carbons (Fsp3) is 0.185. The van der Waals surface area contributed by atoms with Gasteiger partial charge in [-0.1, -0.05) is 60.1 Å². The molecule has 186 valence electrons. The Morgan fingerprint density at radius 3 is 2.50 bits per heavy atom. The molecule has 0 bridgehead atoms. The van der Waals surface area contributed by atoms with E-state index >= 15 is 0 Å². The highest BCUT2D eigenvalue weighted by atomic mass is 35.5. The Morgan fingerprint density at radius 2 is 1.72 bits per heavy atom. The van der Waals surface area contributed by atoms with Crippen molar-refractivity contribution in [1.29, 1.82) is 0 Å². The van der Waals surface area contributed by atoms with E-state index in [-0.39, 0.29) is 42.0 Å². The van der Waals surface area contributed by atoms with Gasteiger partial charge in [0.05, 0.1) is 4.90 Å². The number of Topliss-reactive ketones (excluding diaryl/α,β-unsaturated/α-hetero) is 1. The number of benzene rings is 3. The Bertz CT molecular complexity index is 1510. The van der Waals surface area contributed by atoms with E-state index in [1.807, 2.05) is 54.7 Å². The van der Waals surface area contributed by atoms with E-state index in [0.717, 1.165) is 22.0 Å². The molecule has 0 unspecified atom stereocenters. The van der Waals surface area contributed by atoms with Crippen molar-refractivity contribution in [1.82, 2.24) is 15.0 Å². The van der Waals surface area contributed by atoms with Gasteiger partial charge >= 0.3 is 0 Å². The predicted octanol–water partition coefficient (Wildman–Crippen LogP) is 4.64. The number of aromatic nitrogens is 1. The molecule has 0 fully saturated rings. The first-order valence-electron chi connectivity index (χ1n) is 11.4. The minimum absolute atomic E-state index is 0.0197. The van der Waals surface area contributed by atoms with Gasteiger partial charge in [0.2, 0.25) is 15.9 Å². The van der Waals surface area contributed by atoms with Crippen LogP contribution < -0.4 is 10.0 Å². The van der Waals surface area contributed by atoms with Crippen LogP contribution in [0.15, 0.2) is 83.9 Å². The third-order valence-corrected chi connectivity index (χ3v) is 7.78. The molecule has 9 heteroatoms. The lowest BCUT2D eigenvalue weighted by Crippen LogP contribution is -2.33. The van der Waals surface area contributed by atoms with Gasteiger partial charge in [-0.15, -0.1) is 0 Å². The molecule has 36 heavy (non-hydrogen) atoms. The molecule has 4 aromatic rings. The number of fused-ring (bicyclic) bond motifs is 1. The number of nitrogens with one attached hydrogen (secondary N) is 3. The largest absolute Gasteiger partial charge is 0.361 e. The Balaban J connectivity index is 1.43. The highest BCUT2D eigenvalue weighted by Crippen LogP contribution is 2.34. The number of carbonyl (C=O) groups is 2. The number of H-pyrrole nitrogens is 1. The van der Waals surface area contributed by atoms with Crippen LogP contribution in [0.25, 0.3) is 10.9 Å². The van der Waals surface area contributed by atoms with Gasteiger partial charge in [-0.25, -0.2) is 13.1 Å². The summed E-state index contributed by atoms with van der Waals surface area (Å²) in [6, 6.07) is 21.2. The van der Waals surface area contributed by atoms with Gasteiger partial charge in [0.15, 0.2) is 5.78 Å². The van der Waals surface area contributed by atoms with Gasteiger partial charge < -0.3 is 10.3 Å². The maximum absolute atomic E-state index is 12.6. The molecule has 3 aromatic carbocycles. The minimum atomic E-state index is -3.86. The molecule has 1 amide bonds. The van der Waals surface area contributed by atoms with Crippen LogP contribution in [0, 0.1) is 0 Å². The highest BCUT2D eigenvalue weighted by Gasteiger charge is 2.21. The van der Waals surface area contributed by atoms with Crippen molar-refractivity contribution in [3.63, 3.8) is 0 Å². The van der Waals surface area contributed by atoms with Crippen LogP contribution in [0.2, 0.25) is 5.02 Å². The van der Waals surface area contributed by atoms with Crippen molar-refractivity contribution in [2.24, 2.45) is 0 Å². The Morgan fingerprint density at radius 1 is 0.972 bits per heavy atom. The van der Waals surface area contributed by atoms with Gasteiger partial charge in [0, 0.05) is 53.1 Å². The second-order valence-corrected chi connectivity index (χ2v) is 10.6. The number of sulfonamides is 1. The topological polar surface area (TPSA) is 108 Å². The van der Waals surface area contributed by atoms with Crippen LogP contribution in [-0.2, 0) is 14.8 Å². The molecule has 0 spiro atoms. The summed E-state index contributed by atoms with van der Waals surface area (Å²) in [5.41, 5.74) is 3.18. The van der Waals surface area contributed by atoms with Crippen molar-refractivity contribution in [3.05, 3.63) is 101 Å². The van der Waals surface area contributed by atoms with Crippen LogP contribution >= 0.6 is 11.6 Å². The standard InChI is InChI=1S/C27H26ClN3O4S/c1-18(32)19-7-6-8-20(15-19)36(34,35)31-14-13-27(33)30-17-23(21-9-2-4-11-25(21)28)24-16-29-26-12-5-3-10-22(24)26/h2-12,15-16,23,29,31H,13-14,17H2,1H3,(H,30,33)/t23-/m1/s1. The van der Waals surface area contributed by atoms with E-state index in [0.29, 0.717) is 10.6 Å². The lowest BCUT2D eigenvalue weighted by molar-refractivity contribution is -0.120. The molecule has 0 saturated heterocycles. The maximum atomic E-state index is 12.6. The first-order valence-corrected chi connectivity index (χ1v) is 13.3. The van der Waals surface area contributed by atoms with Gasteiger partial charge in [-0.05, 0) is 42.3 Å². The normalized spacial score (nSPS) is 12.4. The molecule has 4 rings (SSSR count). The zero-order chi connectivity index (χ0) is 25.7. The molecular weight excluding hydrogens is 498 g/mol. The van der Waals surface area contributed by atoms with E-state index in [2.05, 4.69) is 15.0 Å². The number of aromatic amines is 1. The lowest BCUT2D eigenvalue weighted by Gasteiger charge is -2.19. The average Bonchev–Trinajstić information content (AvgIpc) is 3.29. The molecule has 0 aliphatic carbocycles. The van der Waals surface area contributed by atoms with Crippen molar-refractivity contribution in [2.75, 3.05) is 13.1 Å². The summed E-state index contributed by atoms with van der Waals surface area (Å²) in [6.07, 6.45) is 1.88. The molecule has 1 atom stereocenters. The van der Waals surface area contributed by atoms with Crippen LogP contribution in [0.4, 0.5) is 0 Å². The van der Waals surface area contributed by atoms with E-state index < -0.39 is 10.0 Å². The number of carbonyl (C=O) groups excluding carboxylic acids is 2. The fourth-order valence-electron chi connectivity index (χ4n) is 4.10. The predicted molar refractivity (Wildman–Crippen MR) is 141 cm³/mol. The van der Waals surface area contributed by atoms with E-state index in [4.69, 9.17) is 11.6 Å². The Kier molecular flexibility index (Phi) is 7.88. The quantitative estimate of drug-likeness (QED) is 0.263. The third-order valence-electron chi connectivity index (χ3n) is 5.98. The maximum Gasteiger partial charge on any atom is 0.240 e. The molecule has 0 radical (unpaired) electrons. The van der Waals surface area contributed by atoms with Crippen molar-refractivity contribution in [2.45, 2.75) is 24.2 Å². The molecule has 0 saturated carbocycles. The minimum Gasteiger partial charge on any atom is -0.361 e. The third kappa shape index (κ3) is 5.84. The monoisotopic (exact) mass is 523 g/mol. The molecule has 1 heterocycles. The lowest BCUT2D eigenvalue weighted by atomic mass is 9.90. The Labute approximate surface area is 214 Å². The van der Waals surface area contributed by atoms with Crippen LogP contribution in [0.3, 0.4) is 0 Å². The smallest absolute Gasteiger partial charge is 0.240 e. The van der Waals surface area contributed by atoms with Crippen molar-refractivity contribution in [3.8, 4) is 0 Å². The average molecular weight is 524 g/mol. The number of amides is 1. The number of halogens is 1. The summed E-state index contributed by atoms with van der Waals surface area (Å²) in [6.45, 7) is 1.58. The summed E-state index contributed by atoms with van der Waals surface area (Å²) in [4.78, 5) is 27.4. The number of ketones is 1. The van der Waals surface area contributed by atoms with Crippen LogP contribution in [-0.4, -0.2) is 38.2 Å². The number of hydrogen-bond donors (Lipinski definition) is 3. The van der Waals surface area contributed by atoms with E-state index in [9.17, 15) is 18.0 Å². The number of rotatable bonds is 10. The summed E-state index contributed by atoms with van der Waals surface area (Å²) in [5.74, 6) is -0.730. The second-order valence-electron chi connectivity index (χ2n) is 8.40. The zero-order valence-corrected chi connectivity index (χ0v) is 21.2. The SMILES string of the molecule is CC(=O)c1cccc(S(=O)(=O)NCCC(=O)NC[C@H](c2ccccc2Cl)c2c[nH]c3ccccc23)c1. The van der Waals surface area contributed by atoms with E-state index in [1.54, 1.807) is 6.07 Å². The highest BCUT2D eigenvalue weighted by molar-refractivity contribution is 7.89. The summed E-state index contributed by atoms with van der Waals surface area (Å²) in [7, 11) is -3.86. The first-order chi connectivity index (χ1) is 17.3. The zero-order valence-electron chi connectivity index (χ0n) is 19.6. The molecule has 0 aliphatic rings. The molecule has 7 nitrogen and oxygen atoms in total. The molecule has 0 aliphatic heterocycles. The fourth-order valence-corrected chi connectivity index (χ4v) is 5.44. The van der Waals surface area contributed by atoms with Crippen LogP contribution in [0.1, 0.15) is 40.7 Å². The number of hydrogen-bond acceptors (Lipinski definition) is 4. The van der Waals surface area contributed by atoms with Crippen molar-refractivity contribution >= 4 is 44.2 Å². The van der Waals surface area contributed by atoms with Gasteiger partial charge in [-0.2, -0.15) is 0 Å². The Hall–Kier alpha value is -3.46. The van der Waals surface area contributed by atoms with Gasteiger partial charge in [0.1, 0.15) is 0 Å². The summed E-state index contributed by atoms with van der Waals surface area (Å²) < 4.78 is 27.6. The van der Waals surface area contributed by atoms with E-state index in [1.165, 1.54) is 25.1 Å². The second kappa shape index (κ2) is 11.1. The summed E-state index contributed by atoms with van der Waals surface area (Å²) >= 11 is 6.50. The van der Waals surface area contributed by atoms with Gasteiger partial charge in [-0.3, -0.25) is 9.59 Å². The number of para-hydroxylation sites is 1. The molecule has 1 aromatic heterocycles. The van der Waals surface area contributed by atoms with Crippen molar-refractivity contribution < 1.29 is 18.0 Å². The van der Waals surface area contributed by atoms with Gasteiger partial charge in [0.25, 0.3) is 0 Å². The molecule has 3 N–H and O–H groups in total. The molecular formula is C27H26ClN3O4S. The first kappa shape index (κ1) is 25.6. The van der Waals surface area contributed by atoms with Crippen LogP contribution in [0.5, 0.6) is 0 Å².